The summed E-state index contributed by atoms with van der Waals surface area (Å²) < 4.78 is 10.7. The summed E-state index contributed by atoms with van der Waals surface area (Å²) in [5, 5.41) is 0. The molecule has 0 aliphatic carbocycles. The second-order valence-electron chi connectivity index (χ2n) is 7.73. The first-order valence-electron chi connectivity index (χ1n) is 9.01. The van der Waals surface area contributed by atoms with Gasteiger partial charge in [0.15, 0.2) is 6.61 Å². The minimum absolute atomic E-state index is 0.0121. The van der Waals surface area contributed by atoms with E-state index >= 15 is 0 Å². The van der Waals surface area contributed by atoms with Crippen LogP contribution in [0.5, 0.6) is 5.75 Å². The number of methoxy groups -OCH3 is 1. The van der Waals surface area contributed by atoms with Gasteiger partial charge >= 0.3 is 0 Å². The number of aryl methyl sites for hydroxylation is 1. The molecule has 1 aromatic carbocycles. The summed E-state index contributed by atoms with van der Waals surface area (Å²) >= 11 is 0. The summed E-state index contributed by atoms with van der Waals surface area (Å²) in [6.45, 7) is 10.7. The molecule has 1 heterocycles. The van der Waals surface area contributed by atoms with Crippen molar-refractivity contribution in [2.24, 2.45) is 0 Å². The van der Waals surface area contributed by atoms with Gasteiger partial charge in [0.1, 0.15) is 12.4 Å². The monoisotopic (exact) mass is 362 g/mol. The third-order valence-corrected chi connectivity index (χ3v) is 4.55. The van der Waals surface area contributed by atoms with Gasteiger partial charge in [-0.15, -0.1) is 0 Å². The molecule has 0 bridgehead atoms. The molecule has 0 aromatic heterocycles. The maximum atomic E-state index is 12.5. The largest absolute Gasteiger partial charge is 0.483 e. The number of hydrogen-bond donors (Lipinski definition) is 0. The number of carbonyl (C=O) groups excluding carboxylic acids is 2. The lowest BCUT2D eigenvalue weighted by Gasteiger charge is -2.34. The quantitative estimate of drug-likeness (QED) is 0.804. The molecule has 2 amide bonds. The van der Waals surface area contributed by atoms with E-state index in [9.17, 15) is 9.59 Å². The average molecular weight is 362 g/mol. The first-order valence-corrected chi connectivity index (χ1v) is 9.01. The van der Waals surface area contributed by atoms with Gasteiger partial charge in [-0.1, -0.05) is 38.5 Å². The molecule has 26 heavy (non-hydrogen) atoms. The molecule has 0 spiro atoms. The van der Waals surface area contributed by atoms with Crippen molar-refractivity contribution >= 4 is 11.8 Å². The van der Waals surface area contributed by atoms with Crippen molar-refractivity contribution in [3.63, 3.8) is 0 Å². The molecule has 144 valence electrons. The molecule has 1 saturated heterocycles. The van der Waals surface area contributed by atoms with Crippen LogP contribution in [0.1, 0.15) is 31.9 Å². The molecule has 0 unspecified atom stereocenters. The zero-order valence-corrected chi connectivity index (χ0v) is 16.5. The van der Waals surface area contributed by atoms with Crippen LogP contribution in [0.4, 0.5) is 0 Å². The molecule has 6 nitrogen and oxygen atoms in total. The highest BCUT2D eigenvalue weighted by atomic mass is 16.5. The van der Waals surface area contributed by atoms with E-state index in [2.05, 4.69) is 33.8 Å². The van der Waals surface area contributed by atoms with Gasteiger partial charge in [-0.2, -0.15) is 0 Å². The number of amides is 2. The zero-order valence-electron chi connectivity index (χ0n) is 16.5. The van der Waals surface area contributed by atoms with Crippen LogP contribution in [0.25, 0.3) is 0 Å². The number of benzene rings is 1. The van der Waals surface area contributed by atoms with Crippen LogP contribution in [0.3, 0.4) is 0 Å². The molecule has 0 N–H and O–H groups in total. The predicted octanol–water partition coefficient (Wildman–Crippen LogP) is 1.99. The lowest BCUT2D eigenvalue weighted by molar-refractivity contribution is -0.142. The lowest BCUT2D eigenvalue weighted by Crippen LogP contribution is -2.52. The second kappa shape index (κ2) is 8.54. The van der Waals surface area contributed by atoms with Gasteiger partial charge < -0.3 is 19.3 Å². The Balaban J connectivity index is 1.91. The summed E-state index contributed by atoms with van der Waals surface area (Å²) in [5.41, 5.74) is 2.21. The van der Waals surface area contributed by atoms with Gasteiger partial charge in [0.25, 0.3) is 5.91 Å². The minimum Gasteiger partial charge on any atom is -0.483 e. The molecule has 1 aliphatic rings. The van der Waals surface area contributed by atoms with E-state index in [4.69, 9.17) is 9.47 Å². The molecular formula is C20H30N2O4. The lowest BCUT2D eigenvalue weighted by atomic mass is 9.85. The summed E-state index contributed by atoms with van der Waals surface area (Å²) in [6, 6.07) is 6.04. The van der Waals surface area contributed by atoms with Gasteiger partial charge in [0.2, 0.25) is 5.91 Å². The third kappa shape index (κ3) is 5.21. The fraction of sp³-hybridized carbons (Fsp3) is 0.600. The van der Waals surface area contributed by atoms with E-state index in [1.807, 2.05) is 12.1 Å². The number of hydrogen-bond acceptors (Lipinski definition) is 4. The normalized spacial score (nSPS) is 15.1. The first-order chi connectivity index (χ1) is 12.2. The molecule has 6 heteroatoms. The van der Waals surface area contributed by atoms with Crippen molar-refractivity contribution in [3.05, 3.63) is 29.3 Å². The highest BCUT2D eigenvalue weighted by molar-refractivity contribution is 5.80. The topological polar surface area (TPSA) is 59.1 Å². The van der Waals surface area contributed by atoms with E-state index in [1.165, 1.54) is 12.7 Å². The highest BCUT2D eigenvalue weighted by Gasteiger charge is 2.25. The van der Waals surface area contributed by atoms with Crippen molar-refractivity contribution in [1.82, 2.24) is 9.80 Å². The smallest absolute Gasteiger partial charge is 0.260 e. The number of nitrogens with zero attached hydrogens (tertiary/aromatic N) is 2. The van der Waals surface area contributed by atoms with E-state index < -0.39 is 0 Å². The molecule has 1 fully saturated rings. The van der Waals surface area contributed by atoms with Gasteiger partial charge in [0, 0.05) is 33.3 Å². The predicted molar refractivity (Wildman–Crippen MR) is 100 cm³/mol. The number of piperazine rings is 1. The Kier molecular flexibility index (Phi) is 6.64. The summed E-state index contributed by atoms with van der Waals surface area (Å²) in [5.74, 6) is 0.667. The first kappa shape index (κ1) is 20.2. The Bertz CT molecular complexity index is 644. The van der Waals surface area contributed by atoms with Crippen LogP contribution in [0, 0.1) is 6.92 Å². The van der Waals surface area contributed by atoms with Gasteiger partial charge in [0.05, 0.1) is 0 Å². The van der Waals surface area contributed by atoms with Crippen molar-refractivity contribution in [1.29, 1.82) is 0 Å². The minimum atomic E-state index is -0.0578. The molecule has 1 aromatic rings. The molecular weight excluding hydrogens is 332 g/mol. The van der Waals surface area contributed by atoms with E-state index in [0.29, 0.717) is 26.2 Å². The van der Waals surface area contributed by atoms with Crippen molar-refractivity contribution in [3.8, 4) is 5.75 Å². The molecule has 0 atom stereocenters. The van der Waals surface area contributed by atoms with Crippen LogP contribution in [-0.2, 0) is 19.7 Å². The van der Waals surface area contributed by atoms with Crippen LogP contribution < -0.4 is 4.74 Å². The number of ether oxygens (including phenoxy) is 2. The number of carbonyl (C=O) groups is 2. The van der Waals surface area contributed by atoms with Crippen molar-refractivity contribution < 1.29 is 19.1 Å². The van der Waals surface area contributed by atoms with Gasteiger partial charge in [-0.3, -0.25) is 9.59 Å². The zero-order chi connectivity index (χ0) is 19.3. The van der Waals surface area contributed by atoms with E-state index in [1.54, 1.807) is 9.80 Å². The van der Waals surface area contributed by atoms with Crippen LogP contribution in [0.15, 0.2) is 18.2 Å². The Morgan fingerprint density at radius 1 is 1.00 bits per heavy atom. The van der Waals surface area contributed by atoms with Crippen LogP contribution >= 0.6 is 0 Å². The Morgan fingerprint density at radius 2 is 1.54 bits per heavy atom. The van der Waals surface area contributed by atoms with Crippen LogP contribution in [-0.4, -0.2) is 68.1 Å². The van der Waals surface area contributed by atoms with Gasteiger partial charge in [-0.25, -0.2) is 0 Å². The Morgan fingerprint density at radius 3 is 2.04 bits per heavy atom. The molecule has 0 saturated carbocycles. The Labute approximate surface area is 156 Å². The van der Waals surface area contributed by atoms with Crippen molar-refractivity contribution in [2.75, 3.05) is 46.5 Å². The molecule has 0 radical (unpaired) electrons. The number of rotatable bonds is 5. The Hall–Kier alpha value is -2.08. The molecule has 2 rings (SSSR count). The fourth-order valence-corrected chi connectivity index (χ4v) is 3.01. The van der Waals surface area contributed by atoms with Crippen molar-refractivity contribution in [2.45, 2.75) is 33.1 Å². The van der Waals surface area contributed by atoms with E-state index in [-0.39, 0.29) is 30.4 Å². The maximum Gasteiger partial charge on any atom is 0.260 e. The summed E-state index contributed by atoms with van der Waals surface area (Å²) in [4.78, 5) is 27.8. The maximum absolute atomic E-state index is 12.5. The third-order valence-electron chi connectivity index (χ3n) is 4.55. The average Bonchev–Trinajstić information content (AvgIpc) is 2.60. The fourth-order valence-electron chi connectivity index (χ4n) is 3.01. The van der Waals surface area contributed by atoms with Gasteiger partial charge in [-0.05, 0) is 24.0 Å². The standard InChI is InChI=1S/C20H30N2O4/c1-15-6-7-17(16(12-15)20(2,3)4)26-14-19(24)22-10-8-21(9-11-22)18(23)13-25-5/h6-7,12H,8-11,13-14H2,1-5H3. The highest BCUT2D eigenvalue weighted by Crippen LogP contribution is 2.32. The second-order valence-corrected chi connectivity index (χ2v) is 7.73. The SMILES string of the molecule is COCC(=O)N1CCN(C(=O)COc2ccc(C)cc2C(C)(C)C)CC1. The molecule has 1 aliphatic heterocycles. The summed E-state index contributed by atoms with van der Waals surface area (Å²) in [6.07, 6.45) is 0. The van der Waals surface area contributed by atoms with Crippen LogP contribution in [0.2, 0.25) is 0 Å². The van der Waals surface area contributed by atoms with E-state index in [0.717, 1.165) is 11.3 Å². The summed E-state index contributed by atoms with van der Waals surface area (Å²) in [7, 11) is 1.51.